The Balaban J connectivity index is 2.05. The van der Waals surface area contributed by atoms with Crippen LogP contribution in [0.5, 0.6) is 0 Å². The van der Waals surface area contributed by atoms with Gasteiger partial charge in [0, 0.05) is 25.5 Å². The largest absolute Gasteiger partial charge is 0.331 e. The second-order valence-corrected chi connectivity index (χ2v) is 7.05. The highest BCUT2D eigenvalue weighted by molar-refractivity contribution is 5.27. The van der Waals surface area contributed by atoms with E-state index in [1.54, 1.807) is 50.3 Å². The summed E-state index contributed by atoms with van der Waals surface area (Å²) in [5, 5.41) is 18.4. The van der Waals surface area contributed by atoms with Crippen LogP contribution in [0.25, 0.3) is 0 Å². The summed E-state index contributed by atoms with van der Waals surface area (Å²) in [4.78, 5) is 50.2. The summed E-state index contributed by atoms with van der Waals surface area (Å²) in [7, 11) is 0. The van der Waals surface area contributed by atoms with E-state index in [0.29, 0.717) is 24.2 Å². The second-order valence-electron chi connectivity index (χ2n) is 7.05. The molecular formula is C22H20N6O4. The molecule has 0 saturated heterocycles. The van der Waals surface area contributed by atoms with Gasteiger partial charge in [-0.25, -0.2) is 9.59 Å². The molecule has 0 aliphatic heterocycles. The van der Waals surface area contributed by atoms with Gasteiger partial charge in [0.2, 0.25) is 0 Å². The van der Waals surface area contributed by atoms with Crippen LogP contribution in [0.4, 0.5) is 0 Å². The third-order valence-corrected chi connectivity index (χ3v) is 5.07. The maximum absolute atomic E-state index is 12.6. The van der Waals surface area contributed by atoms with E-state index in [9.17, 15) is 29.7 Å². The van der Waals surface area contributed by atoms with Crippen LogP contribution in [-0.4, -0.2) is 18.3 Å². The first kappa shape index (κ1) is 22.2. The van der Waals surface area contributed by atoms with Gasteiger partial charge in [0.1, 0.15) is 23.3 Å². The van der Waals surface area contributed by atoms with Crippen LogP contribution in [0.15, 0.2) is 55.8 Å². The summed E-state index contributed by atoms with van der Waals surface area (Å²) >= 11 is 0. The van der Waals surface area contributed by atoms with Crippen LogP contribution in [0.3, 0.4) is 0 Å². The molecule has 2 heterocycles. The predicted octanol–water partition coefficient (Wildman–Crippen LogP) is 0.213. The van der Waals surface area contributed by atoms with Crippen molar-refractivity contribution in [3.05, 3.63) is 101 Å². The molecule has 1 aromatic carbocycles. The van der Waals surface area contributed by atoms with E-state index in [2.05, 4.69) is 0 Å². The lowest BCUT2D eigenvalue weighted by Gasteiger charge is -2.12. The summed E-state index contributed by atoms with van der Waals surface area (Å²) in [6, 6.07) is 10.4. The molecule has 0 aliphatic rings. The van der Waals surface area contributed by atoms with Crippen molar-refractivity contribution in [2.24, 2.45) is 0 Å². The van der Waals surface area contributed by atoms with Gasteiger partial charge in [0.25, 0.3) is 11.1 Å². The topological polar surface area (TPSA) is 136 Å². The fourth-order valence-electron chi connectivity index (χ4n) is 3.38. The van der Waals surface area contributed by atoms with Crippen molar-refractivity contribution in [1.29, 1.82) is 10.5 Å². The van der Waals surface area contributed by atoms with Gasteiger partial charge >= 0.3 is 11.4 Å². The lowest BCUT2D eigenvalue weighted by atomic mass is 10.1. The van der Waals surface area contributed by atoms with Crippen molar-refractivity contribution in [2.45, 2.75) is 40.0 Å². The zero-order valence-electron chi connectivity index (χ0n) is 17.6. The molecule has 10 heteroatoms. The number of hydrogen-bond acceptors (Lipinski definition) is 6. The number of aromatic nitrogens is 4. The summed E-state index contributed by atoms with van der Waals surface area (Å²) < 4.78 is 4.52. The van der Waals surface area contributed by atoms with E-state index in [1.807, 2.05) is 0 Å². The first-order valence-corrected chi connectivity index (χ1v) is 9.91. The maximum atomic E-state index is 12.6. The highest BCUT2D eigenvalue weighted by Gasteiger charge is 2.13. The van der Waals surface area contributed by atoms with Gasteiger partial charge in [-0.2, -0.15) is 10.5 Å². The van der Waals surface area contributed by atoms with Crippen molar-refractivity contribution in [3.63, 3.8) is 0 Å². The lowest BCUT2D eigenvalue weighted by Crippen LogP contribution is -2.41. The fraction of sp³-hybridized carbons (Fsp3) is 0.273. The molecule has 0 saturated carbocycles. The van der Waals surface area contributed by atoms with Gasteiger partial charge in [-0.15, -0.1) is 0 Å². The summed E-state index contributed by atoms with van der Waals surface area (Å²) in [5.41, 5.74) is -1.55. The molecule has 10 nitrogen and oxygen atoms in total. The van der Waals surface area contributed by atoms with E-state index in [1.165, 1.54) is 21.5 Å². The molecule has 0 fully saturated rings. The molecule has 3 aromatic rings. The fourth-order valence-corrected chi connectivity index (χ4v) is 3.38. The van der Waals surface area contributed by atoms with E-state index in [0.717, 1.165) is 9.13 Å². The number of nitrogens with zero attached hydrogens (tertiary/aromatic N) is 6. The molecule has 0 atom stereocenters. The maximum Gasteiger partial charge on any atom is 0.331 e. The molecular weight excluding hydrogens is 412 g/mol. The van der Waals surface area contributed by atoms with Crippen molar-refractivity contribution in [3.8, 4) is 12.1 Å². The number of rotatable bonds is 6. The quantitative estimate of drug-likeness (QED) is 0.546. The van der Waals surface area contributed by atoms with Gasteiger partial charge in [-0.3, -0.25) is 27.9 Å². The van der Waals surface area contributed by atoms with Crippen LogP contribution < -0.4 is 22.5 Å². The predicted molar refractivity (Wildman–Crippen MR) is 115 cm³/mol. The molecule has 0 spiro atoms. The molecule has 3 rings (SSSR count). The highest BCUT2D eigenvalue weighted by Crippen LogP contribution is 2.07. The number of nitriles is 2. The van der Waals surface area contributed by atoms with Crippen LogP contribution in [0, 0.1) is 22.7 Å². The average Bonchev–Trinajstić information content (AvgIpc) is 2.80. The Morgan fingerprint density at radius 2 is 1.16 bits per heavy atom. The lowest BCUT2D eigenvalue weighted by molar-refractivity contribution is 0.592. The Labute approximate surface area is 182 Å². The van der Waals surface area contributed by atoms with Gasteiger partial charge in [0.15, 0.2) is 0 Å². The minimum absolute atomic E-state index is 0.0760. The Bertz CT molecular complexity index is 1400. The van der Waals surface area contributed by atoms with Gasteiger partial charge in [0.05, 0.1) is 13.1 Å². The number of hydrogen-bond donors (Lipinski definition) is 0. The average molecular weight is 432 g/mol. The van der Waals surface area contributed by atoms with Gasteiger partial charge in [-0.1, -0.05) is 24.3 Å². The molecule has 0 unspecified atom stereocenters. The highest BCUT2D eigenvalue weighted by atomic mass is 16.2. The van der Waals surface area contributed by atoms with E-state index in [-0.39, 0.29) is 24.2 Å². The Morgan fingerprint density at radius 1 is 0.750 bits per heavy atom. The molecule has 32 heavy (non-hydrogen) atoms. The Hall–Kier alpha value is -4.44. The third kappa shape index (κ3) is 4.07. The molecule has 0 bridgehead atoms. The normalized spacial score (nSPS) is 10.5. The van der Waals surface area contributed by atoms with Gasteiger partial charge < -0.3 is 0 Å². The number of benzene rings is 1. The molecule has 0 aliphatic carbocycles. The minimum Gasteiger partial charge on any atom is -0.299 e. The molecule has 0 radical (unpaired) electrons. The smallest absolute Gasteiger partial charge is 0.299 e. The van der Waals surface area contributed by atoms with Crippen LogP contribution >= 0.6 is 0 Å². The molecule has 2 aromatic heterocycles. The zero-order chi connectivity index (χ0) is 23.4. The van der Waals surface area contributed by atoms with Crippen LogP contribution in [0.1, 0.15) is 36.1 Å². The third-order valence-electron chi connectivity index (χ3n) is 5.07. The summed E-state index contributed by atoms with van der Waals surface area (Å²) in [6.07, 6.45) is 2.48. The van der Waals surface area contributed by atoms with Crippen molar-refractivity contribution >= 4 is 0 Å². The van der Waals surface area contributed by atoms with Gasteiger partial charge in [-0.05, 0) is 25.0 Å². The zero-order valence-corrected chi connectivity index (χ0v) is 17.6. The van der Waals surface area contributed by atoms with Crippen molar-refractivity contribution < 1.29 is 0 Å². The van der Waals surface area contributed by atoms with Crippen molar-refractivity contribution in [2.75, 3.05) is 0 Å². The number of aryl methyl sites for hydroxylation is 2. The Kier molecular flexibility index (Phi) is 6.36. The first-order chi connectivity index (χ1) is 15.3. The monoisotopic (exact) mass is 432 g/mol. The standard InChI is InChI=1S/C22H20N6O4/c1-3-25-13-17(9-23)19(29)27(21(25)31)11-15-6-5-7-16(8-15)12-28-20(30)18(10-24)14-26(4-2)22(28)32/h5-8,13-14H,3-4,11-12H2,1-2H3. The van der Waals surface area contributed by atoms with Crippen LogP contribution in [0.2, 0.25) is 0 Å². The SMILES string of the molecule is CCn1cc(C#N)c(=O)n(Cc2cccc(Cn3c(=O)c(C#N)cn(CC)c3=O)c2)c1=O. The minimum atomic E-state index is -0.684. The molecule has 0 N–H and O–H groups in total. The van der Waals surface area contributed by atoms with Crippen molar-refractivity contribution in [1.82, 2.24) is 18.3 Å². The first-order valence-electron chi connectivity index (χ1n) is 9.91. The van der Waals surface area contributed by atoms with E-state index < -0.39 is 22.5 Å². The second kappa shape index (κ2) is 9.14. The summed E-state index contributed by atoms with van der Waals surface area (Å²) in [6.45, 7) is 3.91. The van der Waals surface area contributed by atoms with E-state index >= 15 is 0 Å². The molecule has 162 valence electrons. The van der Waals surface area contributed by atoms with Crippen LogP contribution in [-0.2, 0) is 26.2 Å². The molecule has 0 amide bonds. The summed E-state index contributed by atoms with van der Waals surface area (Å²) in [5.74, 6) is 0. The Morgan fingerprint density at radius 3 is 1.50 bits per heavy atom. The van der Waals surface area contributed by atoms with E-state index in [4.69, 9.17) is 0 Å².